The smallest absolute Gasteiger partial charge is 0.224 e. The van der Waals surface area contributed by atoms with Gasteiger partial charge in [0.1, 0.15) is 17.6 Å². The summed E-state index contributed by atoms with van der Waals surface area (Å²) in [5.74, 6) is 1.14. The minimum absolute atomic E-state index is 0.0445. The third kappa shape index (κ3) is 4.23. The van der Waals surface area contributed by atoms with Crippen molar-refractivity contribution in [3.05, 3.63) is 53.6 Å². The number of rotatable bonds is 7. The van der Waals surface area contributed by atoms with Gasteiger partial charge in [-0.05, 0) is 19.9 Å². The first kappa shape index (κ1) is 18.0. The van der Waals surface area contributed by atoms with Gasteiger partial charge in [0.05, 0.1) is 12.3 Å². The summed E-state index contributed by atoms with van der Waals surface area (Å²) in [6.45, 7) is 4.41. The molecule has 0 saturated carbocycles. The Bertz CT molecular complexity index is 801. The van der Waals surface area contributed by atoms with E-state index in [1.807, 2.05) is 38.1 Å². The lowest BCUT2D eigenvalue weighted by atomic mass is 10.1. The molecule has 2 aromatic rings. The number of ketones is 1. The number of ether oxygens (including phenoxy) is 2. The van der Waals surface area contributed by atoms with Gasteiger partial charge in [-0.25, -0.2) is 0 Å². The molecular weight excluding hydrogens is 330 g/mol. The normalized spacial score (nSPS) is 15.1. The van der Waals surface area contributed by atoms with Crippen molar-refractivity contribution < 1.29 is 19.1 Å². The molecule has 0 aromatic heterocycles. The maximum Gasteiger partial charge on any atom is 0.224 e. The SMILES string of the molecule is CCOc1cc2c(cc1NC(=O)CCC(=O)c1ccccc1)O[C@H](C)C2. The van der Waals surface area contributed by atoms with Gasteiger partial charge < -0.3 is 14.8 Å². The molecule has 1 N–H and O–H groups in total. The lowest BCUT2D eigenvalue weighted by Crippen LogP contribution is -2.14. The van der Waals surface area contributed by atoms with Crippen LogP contribution in [0.2, 0.25) is 0 Å². The Morgan fingerprint density at radius 3 is 2.69 bits per heavy atom. The molecular formula is C21H23NO4. The molecule has 136 valence electrons. The summed E-state index contributed by atoms with van der Waals surface area (Å²) in [6.07, 6.45) is 1.23. The predicted molar refractivity (Wildman–Crippen MR) is 100 cm³/mol. The summed E-state index contributed by atoms with van der Waals surface area (Å²) in [4.78, 5) is 24.4. The van der Waals surface area contributed by atoms with Crippen molar-refractivity contribution in [1.29, 1.82) is 0 Å². The molecule has 0 unspecified atom stereocenters. The Morgan fingerprint density at radius 2 is 1.96 bits per heavy atom. The van der Waals surface area contributed by atoms with Crippen molar-refractivity contribution >= 4 is 17.4 Å². The molecule has 26 heavy (non-hydrogen) atoms. The summed E-state index contributed by atoms with van der Waals surface area (Å²) in [5, 5.41) is 2.85. The van der Waals surface area contributed by atoms with Crippen LogP contribution in [0.3, 0.4) is 0 Å². The van der Waals surface area contributed by atoms with E-state index in [9.17, 15) is 9.59 Å². The van der Waals surface area contributed by atoms with Gasteiger partial charge in [0.2, 0.25) is 5.91 Å². The fraction of sp³-hybridized carbons (Fsp3) is 0.333. The first-order chi connectivity index (χ1) is 12.6. The van der Waals surface area contributed by atoms with Crippen molar-refractivity contribution in [2.45, 2.75) is 39.2 Å². The Labute approximate surface area is 153 Å². The summed E-state index contributed by atoms with van der Waals surface area (Å²) in [7, 11) is 0. The molecule has 0 bridgehead atoms. The minimum atomic E-state index is -0.221. The number of Topliss-reactive ketones (excluding diaryl/α,β-unsaturated/α-hetero) is 1. The lowest BCUT2D eigenvalue weighted by molar-refractivity contribution is -0.116. The van der Waals surface area contributed by atoms with Crippen LogP contribution in [0.5, 0.6) is 11.5 Å². The topological polar surface area (TPSA) is 64.6 Å². The van der Waals surface area contributed by atoms with E-state index >= 15 is 0 Å². The van der Waals surface area contributed by atoms with E-state index in [2.05, 4.69) is 5.32 Å². The van der Waals surface area contributed by atoms with E-state index in [0.29, 0.717) is 23.6 Å². The molecule has 1 atom stereocenters. The summed E-state index contributed by atoms with van der Waals surface area (Å²) in [6, 6.07) is 12.7. The van der Waals surface area contributed by atoms with E-state index in [4.69, 9.17) is 9.47 Å². The van der Waals surface area contributed by atoms with E-state index in [0.717, 1.165) is 17.7 Å². The lowest BCUT2D eigenvalue weighted by Gasteiger charge is -2.13. The van der Waals surface area contributed by atoms with E-state index in [1.54, 1.807) is 18.2 Å². The molecule has 5 heteroatoms. The first-order valence-corrected chi connectivity index (χ1v) is 8.91. The molecule has 2 aromatic carbocycles. The van der Waals surface area contributed by atoms with E-state index in [1.165, 1.54) is 0 Å². The molecule has 1 aliphatic heterocycles. The van der Waals surface area contributed by atoms with Gasteiger partial charge in [-0.2, -0.15) is 0 Å². The van der Waals surface area contributed by atoms with Gasteiger partial charge >= 0.3 is 0 Å². The maximum atomic E-state index is 12.3. The second-order valence-electron chi connectivity index (χ2n) is 6.36. The Kier molecular flexibility index (Phi) is 5.56. The molecule has 0 aliphatic carbocycles. The second-order valence-corrected chi connectivity index (χ2v) is 6.36. The zero-order valence-electron chi connectivity index (χ0n) is 15.1. The highest BCUT2D eigenvalue weighted by molar-refractivity contribution is 6.00. The molecule has 1 heterocycles. The van der Waals surface area contributed by atoms with E-state index in [-0.39, 0.29) is 30.6 Å². The molecule has 0 fully saturated rings. The van der Waals surface area contributed by atoms with Crippen LogP contribution in [0, 0.1) is 0 Å². The van der Waals surface area contributed by atoms with Crippen molar-refractivity contribution in [2.75, 3.05) is 11.9 Å². The quantitative estimate of drug-likeness (QED) is 0.764. The highest BCUT2D eigenvalue weighted by Gasteiger charge is 2.22. The highest BCUT2D eigenvalue weighted by atomic mass is 16.5. The Morgan fingerprint density at radius 1 is 1.19 bits per heavy atom. The first-order valence-electron chi connectivity index (χ1n) is 8.91. The summed E-state index contributed by atoms with van der Waals surface area (Å²) >= 11 is 0. The number of anilines is 1. The number of nitrogens with one attached hydrogen (secondary N) is 1. The average Bonchev–Trinajstić information content (AvgIpc) is 2.99. The fourth-order valence-corrected chi connectivity index (χ4v) is 3.02. The van der Waals surface area contributed by atoms with Crippen LogP contribution >= 0.6 is 0 Å². The van der Waals surface area contributed by atoms with Crippen LogP contribution < -0.4 is 14.8 Å². The highest BCUT2D eigenvalue weighted by Crippen LogP contribution is 2.38. The largest absolute Gasteiger partial charge is 0.492 e. The van der Waals surface area contributed by atoms with Gasteiger partial charge in [-0.1, -0.05) is 30.3 Å². The van der Waals surface area contributed by atoms with Gasteiger partial charge in [-0.3, -0.25) is 9.59 Å². The zero-order chi connectivity index (χ0) is 18.5. The van der Waals surface area contributed by atoms with Crippen molar-refractivity contribution in [1.82, 2.24) is 0 Å². The molecule has 0 spiro atoms. The van der Waals surface area contributed by atoms with Gasteiger partial charge in [0.15, 0.2) is 5.78 Å². The molecule has 5 nitrogen and oxygen atoms in total. The second kappa shape index (κ2) is 8.04. The summed E-state index contributed by atoms with van der Waals surface area (Å²) in [5.41, 5.74) is 2.28. The predicted octanol–water partition coefficient (Wildman–Crippen LogP) is 4.01. The minimum Gasteiger partial charge on any atom is -0.492 e. The molecule has 0 saturated heterocycles. The molecule has 3 rings (SSSR count). The van der Waals surface area contributed by atoms with Crippen molar-refractivity contribution in [3.63, 3.8) is 0 Å². The van der Waals surface area contributed by atoms with E-state index < -0.39 is 0 Å². The number of hydrogen-bond acceptors (Lipinski definition) is 4. The number of benzene rings is 2. The van der Waals surface area contributed by atoms with Gasteiger partial charge in [0, 0.05) is 36.5 Å². The van der Waals surface area contributed by atoms with Crippen molar-refractivity contribution in [2.24, 2.45) is 0 Å². The Hall–Kier alpha value is -2.82. The van der Waals surface area contributed by atoms with Crippen LogP contribution in [-0.4, -0.2) is 24.4 Å². The standard InChI is InChI=1S/C21H23NO4/c1-3-25-20-12-16-11-14(2)26-19(16)13-17(20)22-21(24)10-9-18(23)15-7-5-4-6-8-15/h4-8,12-14H,3,9-11H2,1-2H3,(H,22,24)/t14-/m1/s1. The van der Waals surface area contributed by atoms with Crippen LogP contribution in [0.25, 0.3) is 0 Å². The van der Waals surface area contributed by atoms with Crippen LogP contribution in [0.15, 0.2) is 42.5 Å². The van der Waals surface area contributed by atoms with Crippen LogP contribution in [-0.2, 0) is 11.2 Å². The maximum absolute atomic E-state index is 12.3. The average molecular weight is 353 g/mol. The van der Waals surface area contributed by atoms with Crippen molar-refractivity contribution in [3.8, 4) is 11.5 Å². The fourth-order valence-electron chi connectivity index (χ4n) is 3.02. The number of carbonyl (C=O) groups excluding carboxylic acids is 2. The molecule has 1 amide bonds. The Balaban J connectivity index is 1.65. The van der Waals surface area contributed by atoms with Gasteiger partial charge in [0.25, 0.3) is 0 Å². The number of amides is 1. The number of hydrogen-bond donors (Lipinski definition) is 1. The third-order valence-electron chi connectivity index (χ3n) is 4.25. The van der Waals surface area contributed by atoms with Crippen LogP contribution in [0.1, 0.15) is 42.6 Å². The summed E-state index contributed by atoms with van der Waals surface area (Å²) < 4.78 is 11.4. The third-order valence-corrected chi connectivity index (χ3v) is 4.25. The zero-order valence-corrected chi connectivity index (χ0v) is 15.1. The number of fused-ring (bicyclic) bond motifs is 1. The molecule has 0 radical (unpaired) electrons. The number of carbonyl (C=O) groups is 2. The molecule has 1 aliphatic rings. The monoisotopic (exact) mass is 353 g/mol. The van der Waals surface area contributed by atoms with Gasteiger partial charge in [-0.15, -0.1) is 0 Å². The van der Waals surface area contributed by atoms with Crippen LogP contribution in [0.4, 0.5) is 5.69 Å².